The minimum Gasteiger partial charge on any atom is -0.312 e. The van der Waals surface area contributed by atoms with Gasteiger partial charge in [0.25, 0.3) is 0 Å². The lowest BCUT2D eigenvalue weighted by Gasteiger charge is -2.28. The summed E-state index contributed by atoms with van der Waals surface area (Å²) in [6.07, 6.45) is 0. The minimum atomic E-state index is 0.412. The topological polar surface area (TPSA) is 15.3 Å². The van der Waals surface area contributed by atoms with E-state index < -0.39 is 0 Å². The van der Waals surface area contributed by atoms with Gasteiger partial charge < -0.3 is 10.2 Å². The maximum absolute atomic E-state index is 3.46. The van der Waals surface area contributed by atoms with Crippen molar-refractivity contribution >= 4 is 0 Å². The van der Waals surface area contributed by atoms with Crippen molar-refractivity contribution in [1.82, 2.24) is 10.2 Å². The number of hydrogen-bond donors (Lipinski definition) is 1. The summed E-state index contributed by atoms with van der Waals surface area (Å²) in [4.78, 5) is 2.53. The molecule has 114 valence electrons. The molecular formula is C18H32N2. The second-order valence-corrected chi connectivity index (χ2v) is 6.41. The monoisotopic (exact) mass is 276 g/mol. The molecule has 1 unspecified atom stereocenters. The Labute approximate surface area is 125 Å². The van der Waals surface area contributed by atoms with Gasteiger partial charge in [0, 0.05) is 19.1 Å². The summed E-state index contributed by atoms with van der Waals surface area (Å²) in [6.45, 7) is 14.7. The van der Waals surface area contributed by atoms with Gasteiger partial charge in [0.05, 0.1) is 0 Å². The third-order valence-corrected chi connectivity index (χ3v) is 3.87. The highest BCUT2D eigenvalue weighted by molar-refractivity contribution is 5.27. The first-order valence-corrected chi connectivity index (χ1v) is 7.97. The van der Waals surface area contributed by atoms with Crippen LogP contribution in [0.5, 0.6) is 0 Å². The molecule has 20 heavy (non-hydrogen) atoms. The van der Waals surface area contributed by atoms with Gasteiger partial charge in [0.1, 0.15) is 0 Å². The largest absolute Gasteiger partial charge is 0.312 e. The van der Waals surface area contributed by atoms with E-state index in [0.717, 1.165) is 19.0 Å². The first kappa shape index (κ1) is 17.2. The molecule has 1 aromatic carbocycles. The zero-order chi connectivity index (χ0) is 15.1. The highest BCUT2D eigenvalue weighted by Gasteiger charge is 2.14. The van der Waals surface area contributed by atoms with E-state index in [2.05, 4.69) is 76.1 Å². The first-order valence-electron chi connectivity index (χ1n) is 7.97. The lowest BCUT2D eigenvalue weighted by molar-refractivity contribution is 0.232. The van der Waals surface area contributed by atoms with Crippen LogP contribution < -0.4 is 5.32 Å². The molecule has 0 amide bonds. The van der Waals surface area contributed by atoms with Crippen LogP contribution in [0.2, 0.25) is 0 Å². The van der Waals surface area contributed by atoms with Gasteiger partial charge in [-0.25, -0.2) is 0 Å². The van der Waals surface area contributed by atoms with Crippen LogP contribution in [0.15, 0.2) is 24.3 Å². The lowest BCUT2D eigenvalue weighted by atomic mass is 9.98. The van der Waals surface area contributed by atoms with Gasteiger partial charge in [-0.05, 0) is 36.6 Å². The molecule has 2 nitrogen and oxygen atoms in total. The second-order valence-electron chi connectivity index (χ2n) is 6.41. The third kappa shape index (κ3) is 5.26. The Morgan fingerprint density at radius 1 is 0.950 bits per heavy atom. The molecule has 1 atom stereocenters. The molecule has 0 bridgehead atoms. The first-order chi connectivity index (χ1) is 9.47. The number of nitrogens with one attached hydrogen (secondary N) is 1. The summed E-state index contributed by atoms with van der Waals surface area (Å²) in [5.41, 5.74) is 2.80. The molecule has 0 spiro atoms. The molecule has 1 aromatic rings. The van der Waals surface area contributed by atoms with Crippen molar-refractivity contribution in [3.8, 4) is 0 Å². The maximum Gasteiger partial charge on any atom is 0.0446 e. The molecule has 0 aromatic heterocycles. The molecule has 0 saturated carbocycles. The fourth-order valence-corrected chi connectivity index (χ4v) is 2.58. The molecule has 0 radical (unpaired) electrons. The Morgan fingerprint density at radius 3 is 1.90 bits per heavy atom. The number of benzene rings is 1. The molecule has 2 heteroatoms. The zero-order valence-corrected chi connectivity index (χ0v) is 14.1. The zero-order valence-electron chi connectivity index (χ0n) is 14.1. The van der Waals surface area contributed by atoms with E-state index in [1.165, 1.54) is 17.7 Å². The van der Waals surface area contributed by atoms with Crippen LogP contribution in [-0.2, 0) is 0 Å². The van der Waals surface area contributed by atoms with Crippen molar-refractivity contribution in [2.45, 2.75) is 46.6 Å². The van der Waals surface area contributed by atoms with Gasteiger partial charge in [0.15, 0.2) is 0 Å². The SMILES string of the molecule is CCN(CC(C)C)CC(NC)c1ccc(C(C)C)cc1. The van der Waals surface area contributed by atoms with E-state index in [1.807, 2.05) is 0 Å². The summed E-state index contributed by atoms with van der Waals surface area (Å²) in [5, 5.41) is 3.46. The van der Waals surface area contributed by atoms with Gasteiger partial charge in [-0.2, -0.15) is 0 Å². The van der Waals surface area contributed by atoms with E-state index >= 15 is 0 Å². The highest BCUT2D eigenvalue weighted by atomic mass is 15.1. The molecule has 0 heterocycles. The van der Waals surface area contributed by atoms with Crippen molar-refractivity contribution in [1.29, 1.82) is 0 Å². The van der Waals surface area contributed by atoms with Crippen LogP contribution in [0.3, 0.4) is 0 Å². The highest BCUT2D eigenvalue weighted by Crippen LogP contribution is 2.19. The Hall–Kier alpha value is -0.860. The molecule has 0 saturated heterocycles. The average Bonchev–Trinajstić information content (AvgIpc) is 2.43. The van der Waals surface area contributed by atoms with Crippen molar-refractivity contribution in [2.75, 3.05) is 26.7 Å². The van der Waals surface area contributed by atoms with Crippen molar-refractivity contribution < 1.29 is 0 Å². The van der Waals surface area contributed by atoms with E-state index in [0.29, 0.717) is 12.0 Å². The van der Waals surface area contributed by atoms with E-state index in [-0.39, 0.29) is 0 Å². The fourth-order valence-electron chi connectivity index (χ4n) is 2.58. The molecule has 1 rings (SSSR count). The van der Waals surface area contributed by atoms with Gasteiger partial charge in [-0.15, -0.1) is 0 Å². The predicted molar refractivity (Wildman–Crippen MR) is 89.3 cm³/mol. The van der Waals surface area contributed by atoms with E-state index in [9.17, 15) is 0 Å². The summed E-state index contributed by atoms with van der Waals surface area (Å²) < 4.78 is 0. The quantitative estimate of drug-likeness (QED) is 0.770. The number of likely N-dealkylation sites (N-methyl/N-ethyl adjacent to an activating group) is 2. The maximum atomic E-state index is 3.46. The predicted octanol–water partition coefficient (Wildman–Crippen LogP) is 4.05. The Morgan fingerprint density at radius 2 is 1.50 bits per heavy atom. The van der Waals surface area contributed by atoms with Crippen LogP contribution in [0.1, 0.15) is 57.7 Å². The summed E-state index contributed by atoms with van der Waals surface area (Å²) >= 11 is 0. The molecule has 0 fully saturated rings. The number of nitrogens with zero attached hydrogens (tertiary/aromatic N) is 1. The normalized spacial score (nSPS) is 13.4. The molecule has 1 N–H and O–H groups in total. The van der Waals surface area contributed by atoms with E-state index in [1.54, 1.807) is 0 Å². The summed E-state index contributed by atoms with van der Waals surface area (Å²) in [6, 6.07) is 9.50. The lowest BCUT2D eigenvalue weighted by Crippen LogP contribution is -2.36. The van der Waals surface area contributed by atoms with Crippen molar-refractivity contribution in [2.24, 2.45) is 5.92 Å². The third-order valence-electron chi connectivity index (χ3n) is 3.87. The van der Waals surface area contributed by atoms with Crippen LogP contribution in [0.25, 0.3) is 0 Å². The minimum absolute atomic E-state index is 0.412. The Kier molecular flexibility index (Phi) is 7.25. The smallest absolute Gasteiger partial charge is 0.0446 e. The molecular weight excluding hydrogens is 244 g/mol. The number of rotatable bonds is 8. The summed E-state index contributed by atoms with van der Waals surface area (Å²) in [5.74, 6) is 1.32. The van der Waals surface area contributed by atoms with Crippen LogP contribution in [0, 0.1) is 5.92 Å². The van der Waals surface area contributed by atoms with Gasteiger partial charge in [-0.1, -0.05) is 58.9 Å². The molecule has 0 aliphatic rings. The van der Waals surface area contributed by atoms with Crippen LogP contribution in [0.4, 0.5) is 0 Å². The van der Waals surface area contributed by atoms with E-state index in [4.69, 9.17) is 0 Å². The average molecular weight is 276 g/mol. The number of hydrogen-bond acceptors (Lipinski definition) is 2. The van der Waals surface area contributed by atoms with Gasteiger partial charge >= 0.3 is 0 Å². The second kappa shape index (κ2) is 8.43. The van der Waals surface area contributed by atoms with Gasteiger partial charge in [-0.3, -0.25) is 0 Å². The fraction of sp³-hybridized carbons (Fsp3) is 0.667. The van der Waals surface area contributed by atoms with Crippen LogP contribution in [-0.4, -0.2) is 31.6 Å². The van der Waals surface area contributed by atoms with Crippen molar-refractivity contribution in [3.05, 3.63) is 35.4 Å². The Bertz CT molecular complexity index is 368. The van der Waals surface area contributed by atoms with Crippen molar-refractivity contribution in [3.63, 3.8) is 0 Å². The summed E-state index contributed by atoms with van der Waals surface area (Å²) in [7, 11) is 2.06. The molecule has 0 aliphatic heterocycles. The van der Waals surface area contributed by atoms with Crippen LogP contribution >= 0.6 is 0 Å². The molecule has 0 aliphatic carbocycles. The van der Waals surface area contributed by atoms with Gasteiger partial charge in [0.2, 0.25) is 0 Å². The standard InChI is InChI=1S/C18H32N2/c1-7-20(12-14(2)3)13-18(19-6)17-10-8-16(9-11-17)15(4)5/h8-11,14-15,18-19H,7,12-13H2,1-6H3. The Balaban J connectivity index is 2.74.